The maximum Gasteiger partial charge on any atom is 0.264 e. The van der Waals surface area contributed by atoms with Gasteiger partial charge in [0.15, 0.2) is 5.13 Å². The third kappa shape index (κ3) is 11.1. The van der Waals surface area contributed by atoms with Crippen LogP contribution in [0.4, 0.5) is 20.9 Å². The van der Waals surface area contributed by atoms with Crippen LogP contribution in [0, 0.1) is 5.82 Å². The van der Waals surface area contributed by atoms with Crippen molar-refractivity contribution in [2.24, 2.45) is 0 Å². The van der Waals surface area contributed by atoms with Gasteiger partial charge in [0.25, 0.3) is 23.6 Å². The highest BCUT2D eigenvalue weighted by Crippen LogP contribution is 2.38. The first kappa shape index (κ1) is 50.1. The highest BCUT2D eigenvalue weighted by atomic mass is 32.1. The van der Waals surface area contributed by atoms with Crippen molar-refractivity contribution in [1.82, 2.24) is 29.9 Å². The van der Waals surface area contributed by atoms with E-state index in [1.54, 1.807) is 23.6 Å². The Kier molecular flexibility index (Phi) is 15.8. The van der Waals surface area contributed by atoms with E-state index in [1.165, 1.54) is 28.5 Å². The molecule has 3 saturated heterocycles. The molecule has 4 aromatic rings. The van der Waals surface area contributed by atoms with E-state index >= 15 is 0 Å². The first-order valence-electron chi connectivity index (χ1n) is 24.2. The van der Waals surface area contributed by atoms with Crippen LogP contribution in [0.25, 0.3) is 0 Å². The van der Waals surface area contributed by atoms with Crippen LogP contribution in [-0.2, 0) is 39.9 Å². The van der Waals surface area contributed by atoms with Gasteiger partial charge in [-0.05, 0) is 67.3 Å². The Labute approximate surface area is 418 Å². The highest BCUT2D eigenvalue weighted by Gasteiger charge is 2.46. The van der Waals surface area contributed by atoms with E-state index in [1.807, 2.05) is 23.1 Å². The number of fused-ring (bicyclic) bond motifs is 2. The molecule has 2 unspecified atom stereocenters. The van der Waals surface area contributed by atoms with E-state index < -0.39 is 47.4 Å². The molecule has 6 heterocycles. The Balaban J connectivity index is 0.632. The number of aromatic hydroxyl groups is 1. The lowest BCUT2D eigenvalue weighted by Crippen LogP contribution is -2.54. The number of halogens is 1. The lowest BCUT2D eigenvalue weighted by Gasteiger charge is -2.43. The summed E-state index contributed by atoms with van der Waals surface area (Å²) >= 11 is 1.20. The number of piperazine rings is 1. The molecule has 0 bridgehead atoms. The van der Waals surface area contributed by atoms with Crippen molar-refractivity contribution in [2.75, 3.05) is 101 Å². The molecule has 5 aliphatic rings. The van der Waals surface area contributed by atoms with E-state index in [4.69, 9.17) is 14.2 Å². The zero-order chi connectivity index (χ0) is 50.3. The largest absolute Gasteiger partial charge is 0.508 e. The lowest BCUT2D eigenvalue weighted by molar-refractivity contribution is -0.136. The van der Waals surface area contributed by atoms with Gasteiger partial charge < -0.3 is 39.3 Å². The van der Waals surface area contributed by atoms with E-state index in [9.17, 15) is 43.1 Å². The zero-order valence-electron chi connectivity index (χ0n) is 39.5. The van der Waals surface area contributed by atoms with E-state index in [0.29, 0.717) is 75.1 Å². The minimum absolute atomic E-state index is 0.0178. The predicted molar refractivity (Wildman–Crippen MR) is 260 cm³/mol. The van der Waals surface area contributed by atoms with Crippen molar-refractivity contribution in [1.29, 1.82) is 0 Å². The molecule has 7 amide bonds. The van der Waals surface area contributed by atoms with E-state index in [0.717, 1.165) is 67.3 Å². The molecule has 3 aromatic carbocycles. The maximum absolute atomic E-state index is 14.4. The Morgan fingerprint density at radius 2 is 1.58 bits per heavy atom. The van der Waals surface area contributed by atoms with Gasteiger partial charge in [0.2, 0.25) is 17.7 Å². The molecule has 380 valence electrons. The van der Waals surface area contributed by atoms with Crippen molar-refractivity contribution < 1.29 is 57.3 Å². The van der Waals surface area contributed by atoms with Crippen LogP contribution in [0.15, 0.2) is 66.2 Å². The molecule has 0 saturated carbocycles. The number of piperidine rings is 2. The van der Waals surface area contributed by atoms with Crippen molar-refractivity contribution >= 4 is 69.2 Å². The second-order valence-electron chi connectivity index (χ2n) is 18.0. The molecule has 72 heavy (non-hydrogen) atoms. The summed E-state index contributed by atoms with van der Waals surface area (Å²) in [6, 6.07) is 12.0. The fraction of sp³-hybridized carbons (Fsp3) is 0.440. The Hall–Kier alpha value is -6.85. The summed E-state index contributed by atoms with van der Waals surface area (Å²) in [5.41, 5.74) is 2.92. The summed E-state index contributed by atoms with van der Waals surface area (Å²) in [4.78, 5) is 104. The molecule has 20 nitrogen and oxygen atoms in total. The Morgan fingerprint density at radius 1 is 0.833 bits per heavy atom. The summed E-state index contributed by atoms with van der Waals surface area (Å²) in [6.07, 6.45) is 3.78. The quantitative estimate of drug-likeness (QED) is 0.0735. The van der Waals surface area contributed by atoms with Crippen LogP contribution >= 0.6 is 11.3 Å². The monoisotopic (exact) mass is 1010 g/mol. The molecule has 1 aromatic heterocycles. The summed E-state index contributed by atoms with van der Waals surface area (Å²) in [7, 11) is 0. The number of hydrogen-bond donors (Lipinski definition) is 4. The molecular formula is C50H56FN9O11S. The van der Waals surface area contributed by atoms with Crippen molar-refractivity contribution in [3.63, 3.8) is 0 Å². The molecule has 3 fully saturated rings. The van der Waals surface area contributed by atoms with Gasteiger partial charge in [-0.1, -0.05) is 12.1 Å². The molecule has 22 heteroatoms. The highest BCUT2D eigenvalue weighted by molar-refractivity contribution is 7.13. The summed E-state index contributed by atoms with van der Waals surface area (Å²) in [6.45, 7) is 6.79. The zero-order valence-corrected chi connectivity index (χ0v) is 40.3. The second kappa shape index (κ2) is 22.7. The topological polar surface area (TPSA) is 233 Å². The van der Waals surface area contributed by atoms with Crippen molar-refractivity contribution in [3.8, 4) is 5.75 Å². The third-order valence-corrected chi connectivity index (χ3v) is 14.4. The molecule has 9 rings (SSSR count). The number of phenolic OH excluding ortho intramolecular Hbond substituents is 1. The molecule has 0 radical (unpaired) electrons. The minimum atomic E-state index is -1.30. The average molecular weight is 1010 g/mol. The molecule has 2 atom stereocenters. The first-order valence-corrected chi connectivity index (χ1v) is 25.0. The van der Waals surface area contributed by atoms with Crippen LogP contribution < -0.4 is 20.9 Å². The fourth-order valence-electron chi connectivity index (χ4n) is 9.98. The number of anilines is 3. The average Bonchev–Trinajstić information content (AvgIpc) is 4.09. The summed E-state index contributed by atoms with van der Waals surface area (Å²) in [5, 5.41) is 20.8. The third-order valence-electron chi connectivity index (χ3n) is 13.7. The van der Waals surface area contributed by atoms with Crippen LogP contribution in [0.2, 0.25) is 0 Å². The van der Waals surface area contributed by atoms with Crippen LogP contribution in [-0.4, -0.2) is 169 Å². The Bertz CT molecular complexity index is 2690. The number of imide groups is 2. The molecule has 4 N–H and O–H groups in total. The van der Waals surface area contributed by atoms with Crippen LogP contribution in [0.1, 0.15) is 80.3 Å². The number of thiazole rings is 1. The second-order valence-corrected chi connectivity index (χ2v) is 18.9. The van der Waals surface area contributed by atoms with Gasteiger partial charge in [0.1, 0.15) is 23.7 Å². The van der Waals surface area contributed by atoms with Gasteiger partial charge in [0, 0.05) is 98.9 Å². The SMILES string of the molecule is O=C1CCC(N2C(=O)c3cccc(NCCOCCOCCOCCC(=O)N4CCN(C5CCN(c6ccc7c(c6)C(=O)N(C(C(=O)Nc6nccs6)c6cc(F)ccc6O)C7)CC5)CC4)c3C2=O)C(=O)N1. The lowest BCUT2D eigenvalue weighted by atomic mass is 10.0. The number of nitrogens with zero attached hydrogens (tertiary/aromatic N) is 6. The number of nitrogens with one attached hydrogen (secondary N) is 3. The number of rotatable bonds is 20. The minimum Gasteiger partial charge on any atom is -0.508 e. The van der Waals surface area contributed by atoms with Crippen molar-refractivity contribution in [2.45, 2.75) is 56.8 Å². The van der Waals surface area contributed by atoms with Gasteiger partial charge >= 0.3 is 0 Å². The number of amides is 7. The van der Waals surface area contributed by atoms with Gasteiger partial charge in [0.05, 0.1) is 57.2 Å². The normalized spacial score (nSPS) is 18.9. The standard InChI is InChI=1S/C50H56FN9O11S/c51-32-5-8-40(61)37(28-32)44(46(65)55-50-53-14-27-72-50)59-30-31-4-6-34(29-36(31)47(59)66)56-15-10-33(11-16-56)57-17-19-58(20-18-57)42(63)12-21-69-23-25-71-26-24-70-22-13-52-38-3-1-2-35-43(38)49(68)60(48(35)67)39-7-9-41(62)54-45(39)64/h1-6,8,14,27-29,33,39,44,52,61H,7,9-13,15-26,30H2,(H,53,55,65)(H,54,62,64). The number of carbonyl (C=O) groups excluding carboxylic acids is 7. The van der Waals surface area contributed by atoms with Gasteiger partial charge in [-0.25, -0.2) is 9.37 Å². The molecule has 0 spiro atoms. The van der Waals surface area contributed by atoms with Crippen LogP contribution in [0.3, 0.4) is 0 Å². The maximum atomic E-state index is 14.4. The number of aromatic nitrogens is 1. The summed E-state index contributed by atoms with van der Waals surface area (Å²) in [5.74, 6) is -4.13. The van der Waals surface area contributed by atoms with Crippen LogP contribution in [0.5, 0.6) is 5.75 Å². The number of phenols is 1. The predicted octanol–water partition coefficient (Wildman–Crippen LogP) is 3.39. The van der Waals surface area contributed by atoms with Gasteiger partial charge in [-0.2, -0.15) is 0 Å². The number of ether oxygens (including phenoxy) is 3. The smallest absolute Gasteiger partial charge is 0.264 e. The summed E-state index contributed by atoms with van der Waals surface area (Å²) < 4.78 is 31.4. The Morgan fingerprint density at radius 3 is 2.32 bits per heavy atom. The molecule has 0 aliphatic carbocycles. The van der Waals surface area contributed by atoms with Crippen molar-refractivity contribution in [3.05, 3.63) is 99.8 Å². The van der Waals surface area contributed by atoms with E-state index in [2.05, 4.69) is 30.7 Å². The molecular weight excluding hydrogens is 954 g/mol. The van der Waals surface area contributed by atoms with Gasteiger partial charge in [-0.15, -0.1) is 11.3 Å². The number of carbonyl (C=O) groups is 7. The van der Waals surface area contributed by atoms with E-state index in [-0.39, 0.29) is 66.7 Å². The fourth-order valence-corrected chi connectivity index (χ4v) is 10.5. The molecule has 5 aliphatic heterocycles. The number of hydrogen-bond acceptors (Lipinski definition) is 16. The first-order chi connectivity index (χ1) is 34.9. The van der Waals surface area contributed by atoms with Gasteiger partial charge in [-0.3, -0.25) is 54.0 Å². The number of benzene rings is 3.